The number of rotatable bonds is 16. The van der Waals surface area contributed by atoms with E-state index in [4.69, 9.17) is 0 Å². The maximum Gasteiger partial charge on any atom is 0.333 e. The first kappa shape index (κ1) is 31.8. The van der Waals surface area contributed by atoms with Crippen molar-refractivity contribution in [2.45, 2.75) is 97.4 Å². The molecular formula is C29H44N4O6. The van der Waals surface area contributed by atoms with E-state index in [9.17, 15) is 29.1 Å². The van der Waals surface area contributed by atoms with Crippen LogP contribution in [0.3, 0.4) is 0 Å². The highest BCUT2D eigenvalue weighted by Crippen LogP contribution is 2.19. The number of nitrogens with zero attached hydrogens (tertiary/aromatic N) is 4. The van der Waals surface area contributed by atoms with Crippen LogP contribution in [0.5, 0.6) is 5.88 Å². The summed E-state index contributed by atoms with van der Waals surface area (Å²) >= 11 is 0. The minimum absolute atomic E-state index is 0.121. The molecule has 10 nitrogen and oxygen atoms in total. The predicted molar refractivity (Wildman–Crippen MR) is 151 cm³/mol. The lowest BCUT2D eigenvalue weighted by molar-refractivity contribution is -0.135. The van der Waals surface area contributed by atoms with Crippen molar-refractivity contribution >= 4 is 23.9 Å². The second-order valence-electron chi connectivity index (χ2n) is 10.1. The van der Waals surface area contributed by atoms with Crippen molar-refractivity contribution in [3.8, 4) is 5.88 Å². The smallest absolute Gasteiger partial charge is 0.333 e. The van der Waals surface area contributed by atoms with Gasteiger partial charge in [0.05, 0.1) is 0 Å². The average molecular weight is 545 g/mol. The van der Waals surface area contributed by atoms with Crippen LogP contribution in [0.2, 0.25) is 0 Å². The average Bonchev–Trinajstić information content (AvgIpc) is 2.92. The Labute approximate surface area is 230 Å². The van der Waals surface area contributed by atoms with Gasteiger partial charge in [-0.05, 0) is 25.0 Å². The SMILES string of the molecule is CCCCCCCCN1C(=O)C(=CC=Cc2c(O)n(C)c(=O)n(CCCCCCCC)c2=O)C(=O)N(C)C1=O. The maximum absolute atomic E-state index is 13.0. The largest absolute Gasteiger partial charge is 0.494 e. The first-order valence-corrected chi connectivity index (χ1v) is 14.2. The van der Waals surface area contributed by atoms with Gasteiger partial charge >= 0.3 is 11.7 Å². The van der Waals surface area contributed by atoms with E-state index in [1.54, 1.807) is 0 Å². The van der Waals surface area contributed by atoms with E-state index < -0.39 is 35.0 Å². The van der Waals surface area contributed by atoms with Gasteiger partial charge in [0.2, 0.25) is 5.88 Å². The first-order chi connectivity index (χ1) is 18.7. The Morgan fingerprint density at radius 1 is 0.718 bits per heavy atom. The van der Waals surface area contributed by atoms with Crippen molar-refractivity contribution in [1.82, 2.24) is 18.9 Å². The molecule has 2 heterocycles. The zero-order chi connectivity index (χ0) is 28.9. The number of hydrogen-bond donors (Lipinski definition) is 1. The number of unbranched alkanes of at least 4 members (excludes halogenated alkanes) is 10. The molecule has 1 aromatic heterocycles. The molecule has 0 radical (unpaired) electrons. The fourth-order valence-electron chi connectivity index (χ4n) is 4.58. The summed E-state index contributed by atoms with van der Waals surface area (Å²) in [5.41, 5.74) is -1.58. The van der Waals surface area contributed by atoms with Gasteiger partial charge in [-0.15, -0.1) is 0 Å². The highest BCUT2D eigenvalue weighted by atomic mass is 16.3. The van der Waals surface area contributed by atoms with Crippen LogP contribution in [0, 0.1) is 0 Å². The monoisotopic (exact) mass is 544 g/mol. The third-order valence-electron chi connectivity index (χ3n) is 7.08. The van der Waals surface area contributed by atoms with Gasteiger partial charge < -0.3 is 5.11 Å². The van der Waals surface area contributed by atoms with Crippen molar-refractivity contribution in [2.24, 2.45) is 7.05 Å². The minimum Gasteiger partial charge on any atom is -0.494 e. The van der Waals surface area contributed by atoms with Gasteiger partial charge in [0.25, 0.3) is 17.4 Å². The summed E-state index contributed by atoms with van der Waals surface area (Å²) in [6.07, 6.45) is 15.7. The summed E-state index contributed by atoms with van der Waals surface area (Å²) in [7, 11) is 2.70. The van der Waals surface area contributed by atoms with Crippen molar-refractivity contribution in [1.29, 1.82) is 0 Å². The topological polar surface area (TPSA) is 122 Å². The molecule has 1 fully saturated rings. The van der Waals surface area contributed by atoms with Crippen LogP contribution in [-0.4, -0.2) is 55.5 Å². The number of aromatic nitrogens is 2. The summed E-state index contributed by atoms with van der Waals surface area (Å²) in [4.78, 5) is 65.8. The van der Waals surface area contributed by atoms with Gasteiger partial charge in [0, 0.05) is 27.2 Å². The van der Waals surface area contributed by atoms with Crippen LogP contribution < -0.4 is 11.2 Å². The molecule has 0 aliphatic carbocycles. The zero-order valence-corrected chi connectivity index (χ0v) is 23.9. The Hall–Kier alpha value is -3.43. The van der Waals surface area contributed by atoms with Gasteiger partial charge in [-0.25, -0.2) is 9.59 Å². The molecule has 0 atom stereocenters. The van der Waals surface area contributed by atoms with Crippen LogP contribution in [0.25, 0.3) is 6.08 Å². The predicted octanol–water partition coefficient (Wildman–Crippen LogP) is 4.33. The highest BCUT2D eigenvalue weighted by Gasteiger charge is 2.39. The van der Waals surface area contributed by atoms with E-state index >= 15 is 0 Å². The van der Waals surface area contributed by atoms with E-state index in [1.807, 2.05) is 0 Å². The summed E-state index contributed by atoms with van der Waals surface area (Å²) in [5, 5.41) is 10.5. The zero-order valence-electron chi connectivity index (χ0n) is 23.9. The fraction of sp³-hybridized carbons (Fsp3) is 0.621. The third kappa shape index (κ3) is 8.28. The van der Waals surface area contributed by atoms with E-state index in [0.717, 1.165) is 83.1 Å². The Morgan fingerprint density at radius 2 is 1.26 bits per heavy atom. The molecule has 1 saturated heterocycles. The van der Waals surface area contributed by atoms with E-state index in [1.165, 1.54) is 32.3 Å². The standard InChI is InChI=1S/C29H44N4O6/c1-5-7-9-11-13-15-20-32-26(36)22(24(34)30(3)28(32)38)18-17-19-23-25(35)31(4)29(39)33(27(23)37)21-16-14-12-10-8-6-2/h17-19,34H,5-16,20-21H2,1-4H3. The van der Waals surface area contributed by atoms with Crippen LogP contribution in [-0.2, 0) is 23.2 Å². The molecule has 0 bridgehead atoms. The lowest BCUT2D eigenvalue weighted by Crippen LogP contribution is -2.54. The second kappa shape index (κ2) is 15.9. The quantitative estimate of drug-likeness (QED) is 0.188. The molecular weight excluding hydrogens is 500 g/mol. The molecule has 39 heavy (non-hydrogen) atoms. The fourth-order valence-corrected chi connectivity index (χ4v) is 4.58. The van der Waals surface area contributed by atoms with Gasteiger partial charge in [0.15, 0.2) is 0 Å². The molecule has 10 heteroatoms. The van der Waals surface area contributed by atoms with Gasteiger partial charge in [-0.3, -0.25) is 33.3 Å². The molecule has 1 aliphatic heterocycles. The van der Waals surface area contributed by atoms with Crippen molar-refractivity contribution < 1.29 is 19.5 Å². The number of imide groups is 2. The van der Waals surface area contributed by atoms with Crippen LogP contribution in [0.1, 0.15) is 96.5 Å². The number of carbonyl (C=O) groups excluding carboxylic acids is 3. The maximum atomic E-state index is 13.0. The number of allylic oxidation sites excluding steroid dienone is 2. The summed E-state index contributed by atoms with van der Waals surface area (Å²) in [6.45, 7) is 4.71. The number of urea groups is 1. The second-order valence-corrected chi connectivity index (χ2v) is 10.1. The molecule has 2 rings (SSSR count). The molecule has 1 N–H and O–H groups in total. The molecule has 0 aromatic carbocycles. The van der Waals surface area contributed by atoms with Crippen molar-refractivity contribution in [3.05, 3.63) is 44.1 Å². The highest BCUT2D eigenvalue weighted by molar-refractivity contribution is 6.28. The van der Waals surface area contributed by atoms with Gasteiger partial charge in [0.1, 0.15) is 11.1 Å². The van der Waals surface area contributed by atoms with Gasteiger partial charge in [-0.2, -0.15) is 0 Å². The van der Waals surface area contributed by atoms with Gasteiger partial charge in [-0.1, -0.05) is 84.1 Å². The Bertz CT molecular complexity index is 1190. The summed E-state index contributed by atoms with van der Waals surface area (Å²) in [6, 6.07) is -0.659. The number of aromatic hydroxyl groups is 1. The molecule has 1 aromatic rings. The molecule has 4 amide bonds. The third-order valence-corrected chi connectivity index (χ3v) is 7.08. The Balaban J connectivity index is 2.21. The Morgan fingerprint density at radius 3 is 1.85 bits per heavy atom. The number of hydrogen-bond acceptors (Lipinski definition) is 6. The summed E-state index contributed by atoms with van der Waals surface area (Å²) < 4.78 is 2.09. The Kier molecular flexibility index (Phi) is 12.9. The summed E-state index contributed by atoms with van der Waals surface area (Å²) in [5.74, 6) is -1.93. The van der Waals surface area contributed by atoms with Crippen LogP contribution >= 0.6 is 0 Å². The first-order valence-electron chi connectivity index (χ1n) is 14.2. The lowest BCUT2D eigenvalue weighted by atomic mass is 10.1. The molecule has 0 spiro atoms. The molecule has 0 saturated carbocycles. The molecule has 1 aliphatic rings. The van der Waals surface area contributed by atoms with Crippen LogP contribution in [0.15, 0.2) is 27.3 Å². The molecule has 0 unspecified atom stereocenters. The lowest BCUT2D eigenvalue weighted by Gasteiger charge is -2.31. The number of amides is 4. The van der Waals surface area contributed by atoms with Crippen LogP contribution in [0.4, 0.5) is 4.79 Å². The van der Waals surface area contributed by atoms with Crippen molar-refractivity contribution in [3.63, 3.8) is 0 Å². The number of barbiturate groups is 1. The van der Waals surface area contributed by atoms with E-state index in [0.29, 0.717) is 12.8 Å². The van der Waals surface area contributed by atoms with Crippen molar-refractivity contribution in [2.75, 3.05) is 13.6 Å². The number of carbonyl (C=O) groups is 3. The normalized spacial score (nSPS) is 15.4. The minimum atomic E-state index is -0.737. The van der Waals surface area contributed by atoms with E-state index in [-0.39, 0.29) is 24.2 Å². The molecule has 216 valence electrons. The number of likely N-dealkylation sites (N-methyl/N-ethyl adjacent to an activating group) is 1. The van der Waals surface area contributed by atoms with E-state index in [2.05, 4.69) is 13.8 Å².